The van der Waals surface area contributed by atoms with Crippen LogP contribution in [0, 0.1) is 11.8 Å². The highest BCUT2D eigenvalue weighted by atomic mass is 16.5. The van der Waals surface area contributed by atoms with Crippen LogP contribution in [-0.2, 0) is 10.2 Å². The molecule has 2 rings (SSSR count). The zero-order valence-corrected chi connectivity index (χ0v) is 26.5. The van der Waals surface area contributed by atoms with Crippen LogP contribution in [-0.4, -0.2) is 56.6 Å². The molecule has 1 aliphatic rings. The van der Waals surface area contributed by atoms with E-state index in [9.17, 15) is 30.3 Å². The van der Waals surface area contributed by atoms with Crippen molar-refractivity contribution in [1.29, 1.82) is 0 Å². The largest absolute Gasteiger partial charge is 0.507 e. The summed E-state index contributed by atoms with van der Waals surface area (Å²) in [5.74, 6) is 0.730. The molecule has 5 N–H and O–H groups in total. The molecule has 0 radical (unpaired) electrons. The van der Waals surface area contributed by atoms with Gasteiger partial charge in [-0.15, -0.1) is 0 Å². The zero-order valence-electron chi connectivity index (χ0n) is 26.5. The van der Waals surface area contributed by atoms with E-state index in [4.69, 9.17) is 9.15 Å². The minimum Gasteiger partial charge on any atom is -0.507 e. The van der Waals surface area contributed by atoms with Crippen molar-refractivity contribution < 1.29 is 34.7 Å². The van der Waals surface area contributed by atoms with Crippen LogP contribution in [0.15, 0.2) is 50.7 Å². The van der Waals surface area contributed by atoms with Crippen LogP contribution in [0.25, 0.3) is 0 Å². The fourth-order valence-electron chi connectivity index (χ4n) is 5.65. The van der Waals surface area contributed by atoms with Crippen molar-refractivity contribution in [2.75, 3.05) is 6.61 Å². The lowest BCUT2D eigenvalue weighted by Gasteiger charge is -2.36. The van der Waals surface area contributed by atoms with Crippen molar-refractivity contribution in [3.63, 3.8) is 0 Å². The maximum Gasteiger partial charge on any atom is 0.345 e. The Kier molecular flexibility index (Phi) is 14.2. The normalized spacial score (nSPS) is 24.6. The molecule has 0 saturated carbocycles. The molecule has 1 fully saturated rings. The van der Waals surface area contributed by atoms with Gasteiger partial charge in [0, 0.05) is 12.5 Å². The third-order valence-corrected chi connectivity index (χ3v) is 8.25. The van der Waals surface area contributed by atoms with E-state index in [-0.39, 0.29) is 17.7 Å². The van der Waals surface area contributed by atoms with E-state index < -0.39 is 53.9 Å². The minimum atomic E-state index is -1.48. The lowest BCUT2D eigenvalue weighted by atomic mass is 9.82. The summed E-state index contributed by atoms with van der Waals surface area (Å²) < 4.78 is 11.0. The molecule has 8 heteroatoms. The van der Waals surface area contributed by atoms with Gasteiger partial charge in [-0.05, 0) is 46.0 Å². The molecule has 1 aliphatic heterocycles. The molecule has 238 valence electrons. The standard InChI is InChI=1S/C34H54O8/c1-8-9-10-11-12-21(2)15-23(4)17-24(5)16-22(3)13-14-28(38)34(6,7)29-19-26(36)30(33(40)42-29)32-31(39)27(37)18-25(20-35)41-32/h13-14,16-17,19,21,23,25,27-28,31-32,35-39H,8-12,15,18,20H2,1-7H3/b14-13+,22-16+,24-17+/t21?,23?,25-,27-,28?,31+,32-/m0/s1. The van der Waals surface area contributed by atoms with E-state index in [1.54, 1.807) is 19.9 Å². The summed E-state index contributed by atoms with van der Waals surface area (Å²) in [5.41, 5.74) is -0.268. The van der Waals surface area contributed by atoms with Gasteiger partial charge in [0.25, 0.3) is 0 Å². The van der Waals surface area contributed by atoms with Gasteiger partial charge in [0.1, 0.15) is 29.3 Å². The van der Waals surface area contributed by atoms with Crippen LogP contribution in [0.2, 0.25) is 0 Å². The van der Waals surface area contributed by atoms with Crippen molar-refractivity contribution in [3.8, 4) is 5.75 Å². The molecule has 0 spiro atoms. The van der Waals surface area contributed by atoms with Crippen molar-refractivity contribution in [2.45, 2.75) is 129 Å². The van der Waals surface area contributed by atoms with Gasteiger partial charge in [-0.25, -0.2) is 4.79 Å². The Bertz CT molecular complexity index is 1130. The highest BCUT2D eigenvalue weighted by molar-refractivity contribution is 5.36. The molecule has 0 aliphatic carbocycles. The monoisotopic (exact) mass is 590 g/mol. The Hall–Kier alpha value is -2.23. The summed E-state index contributed by atoms with van der Waals surface area (Å²) in [6.07, 6.45) is 9.45. The highest BCUT2D eigenvalue weighted by Crippen LogP contribution is 2.37. The molecule has 8 nitrogen and oxygen atoms in total. The smallest absolute Gasteiger partial charge is 0.345 e. The first-order valence-corrected chi connectivity index (χ1v) is 15.4. The number of hydrogen-bond acceptors (Lipinski definition) is 8. The van der Waals surface area contributed by atoms with Gasteiger partial charge in [-0.3, -0.25) is 0 Å². The van der Waals surface area contributed by atoms with Gasteiger partial charge in [0.05, 0.1) is 30.3 Å². The Labute approximate surface area is 251 Å². The molecule has 7 atom stereocenters. The van der Waals surface area contributed by atoms with E-state index in [2.05, 4.69) is 39.8 Å². The van der Waals surface area contributed by atoms with Gasteiger partial charge in [-0.1, -0.05) is 88.3 Å². The van der Waals surface area contributed by atoms with Gasteiger partial charge < -0.3 is 34.7 Å². The third-order valence-electron chi connectivity index (χ3n) is 8.25. The molecule has 0 bridgehead atoms. The summed E-state index contributed by atoms with van der Waals surface area (Å²) >= 11 is 0. The van der Waals surface area contributed by atoms with Crippen molar-refractivity contribution >= 4 is 0 Å². The van der Waals surface area contributed by atoms with Crippen molar-refractivity contribution in [1.82, 2.24) is 0 Å². The number of allylic oxidation sites excluding steroid dienone is 5. The third kappa shape index (κ3) is 10.2. The van der Waals surface area contributed by atoms with E-state index in [0.717, 1.165) is 17.6 Å². The Morgan fingerprint density at radius 3 is 2.45 bits per heavy atom. The van der Waals surface area contributed by atoms with E-state index in [0.29, 0.717) is 11.8 Å². The van der Waals surface area contributed by atoms with Crippen LogP contribution in [0.4, 0.5) is 0 Å². The van der Waals surface area contributed by atoms with Crippen LogP contribution < -0.4 is 5.63 Å². The second-order valence-corrected chi connectivity index (χ2v) is 12.8. The number of unbranched alkanes of at least 4 members (excludes halogenated alkanes) is 3. The first kappa shape index (κ1) is 36.0. The second kappa shape index (κ2) is 16.6. The fourth-order valence-corrected chi connectivity index (χ4v) is 5.65. The first-order chi connectivity index (χ1) is 19.7. The second-order valence-electron chi connectivity index (χ2n) is 12.8. The molecular formula is C34H54O8. The van der Waals surface area contributed by atoms with Crippen LogP contribution in [0.1, 0.15) is 111 Å². The Morgan fingerprint density at radius 1 is 1.14 bits per heavy atom. The van der Waals surface area contributed by atoms with Crippen LogP contribution in [0.3, 0.4) is 0 Å². The number of ether oxygens (including phenoxy) is 1. The SMILES string of the molecule is CCCCCCC(C)CC(C)/C=C(C)/C=C(C)/C=C/C(O)C(C)(C)c1cc(O)c([C@@H]2O[C@H](CO)C[C@H](O)[C@H]2O)c(=O)o1. The maximum atomic E-state index is 12.9. The summed E-state index contributed by atoms with van der Waals surface area (Å²) in [7, 11) is 0. The number of aliphatic hydroxyl groups excluding tert-OH is 4. The van der Waals surface area contributed by atoms with Gasteiger partial charge in [0.15, 0.2) is 0 Å². The van der Waals surface area contributed by atoms with E-state index >= 15 is 0 Å². The van der Waals surface area contributed by atoms with E-state index in [1.165, 1.54) is 38.2 Å². The molecule has 3 unspecified atom stereocenters. The average molecular weight is 591 g/mol. The minimum absolute atomic E-state index is 0.00942. The number of aromatic hydroxyl groups is 1. The molecule has 42 heavy (non-hydrogen) atoms. The zero-order chi connectivity index (χ0) is 31.6. The van der Waals surface area contributed by atoms with Crippen molar-refractivity contribution in [3.05, 3.63) is 63.3 Å². The van der Waals surface area contributed by atoms with Crippen molar-refractivity contribution in [2.24, 2.45) is 11.8 Å². The quantitative estimate of drug-likeness (QED) is 0.131. The maximum absolute atomic E-state index is 12.9. The summed E-state index contributed by atoms with van der Waals surface area (Å²) in [4.78, 5) is 12.9. The van der Waals surface area contributed by atoms with E-state index in [1.807, 2.05) is 13.0 Å². The number of rotatable bonds is 15. The Morgan fingerprint density at radius 2 is 1.83 bits per heavy atom. The lowest BCUT2D eigenvalue weighted by molar-refractivity contribution is -0.180. The lowest BCUT2D eigenvalue weighted by Crippen LogP contribution is -2.46. The van der Waals surface area contributed by atoms with Crippen LogP contribution in [0.5, 0.6) is 5.75 Å². The first-order valence-electron chi connectivity index (χ1n) is 15.4. The molecule has 1 aromatic rings. The predicted molar refractivity (Wildman–Crippen MR) is 165 cm³/mol. The Balaban J connectivity index is 2.11. The molecule has 2 heterocycles. The number of hydrogen-bond donors (Lipinski definition) is 5. The average Bonchev–Trinajstić information content (AvgIpc) is 2.91. The molecule has 1 aromatic heterocycles. The predicted octanol–water partition coefficient (Wildman–Crippen LogP) is 5.61. The summed E-state index contributed by atoms with van der Waals surface area (Å²) in [6.45, 7) is 13.8. The highest BCUT2D eigenvalue weighted by Gasteiger charge is 2.41. The summed E-state index contributed by atoms with van der Waals surface area (Å²) in [6, 6.07) is 1.22. The molecule has 0 amide bonds. The van der Waals surface area contributed by atoms with Gasteiger partial charge >= 0.3 is 5.63 Å². The van der Waals surface area contributed by atoms with Crippen LogP contribution >= 0.6 is 0 Å². The number of aliphatic hydroxyl groups is 4. The molecular weight excluding hydrogens is 536 g/mol. The summed E-state index contributed by atoms with van der Waals surface area (Å²) in [5, 5.41) is 51.7. The fraction of sp³-hybridized carbons (Fsp3) is 0.676. The van der Waals surface area contributed by atoms with Gasteiger partial charge in [0.2, 0.25) is 0 Å². The topological polar surface area (TPSA) is 141 Å². The molecule has 1 saturated heterocycles. The van der Waals surface area contributed by atoms with Gasteiger partial charge in [-0.2, -0.15) is 0 Å². The molecule has 0 aromatic carbocycles.